The summed E-state index contributed by atoms with van der Waals surface area (Å²) in [5.41, 5.74) is 5.65. The normalized spacial score (nSPS) is 20.4. The van der Waals surface area contributed by atoms with Crippen molar-refractivity contribution >= 4 is 5.91 Å². The van der Waals surface area contributed by atoms with Crippen LogP contribution in [0.4, 0.5) is 0 Å². The number of nitrogens with two attached hydrogens (primary N) is 1. The molecule has 88 valence electrons. The van der Waals surface area contributed by atoms with Crippen LogP contribution in [-0.2, 0) is 6.42 Å². The molecule has 1 fully saturated rings. The molecular weight excluding hydrogens is 204 g/mol. The van der Waals surface area contributed by atoms with Crippen LogP contribution in [0.3, 0.4) is 0 Å². The number of carbonyl (C=O) groups excluding carboxylic acids is 1. The molecule has 1 unspecified atom stereocenters. The predicted octanol–water partition coefficient (Wildman–Crippen LogP) is 1.41. The molecule has 1 aromatic heterocycles. The number of aryl methyl sites for hydroxylation is 1. The highest BCUT2D eigenvalue weighted by Crippen LogP contribution is 2.20. The molecule has 0 radical (unpaired) electrons. The molecule has 1 saturated heterocycles. The van der Waals surface area contributed by atoms with Crippen molar-refractivity contribution in [2.24, 2.45) is 5.73 Å². The fraction of sp³-hybridized carbons (Fsp3) is 0.583. The Hall–Kier alpha value is -1.29. The average molecular weight is 222 g/mol. The van der Waals surface area contributed by atoms with Crippen molar-refractivity contribution in [2.45, 2.75) is 32.2 Å². The molecule has 1 aliphatic heterocycles. The fourth-order valence-electron chi connectivity index (χ4n) is 2.17. The maximum atomic E-state index is 12.1. The standard InChI is InChI=1S/C12H18N2O2/c1-2-10-5-6-11(16-10)12(15)14-7-3-4-9(14)8-13/h5-6,9H,2-4,7-8,13H2,1H3. The molecule has 0 spiro atoms. The van der Waals surface area contributed by atoms with Crippen molar-refractivity contribution in [2.75, 3.05) is 13.1 Å². The van der Waals surface area contributed by atoms with Gasteiger partial charge in [-0.3, -0.25) is 4.79 Å². The first-order chi connectivity index (χ1) is 7.76. The Kier molecular flexibility index (Phi) is 3.29. The van der Waals surface area contributed by atoms with Crippen LogP contribution in [0.5, 0.6) is 0 Å². The number of amides is 1. The maximum Gasteiger partial charge on any atom is 0.289 e. The third-order valence-corrected chi connectivity index (χ3v) is 3.13. The van der Waals surface area contributed by atoms with Crippen LogP contribution in [0, 0.1) is 0 Å². The van der Waals surface area contributed by atoms with Gasteiger partial charge in [-0.1, -0.05) is 6.92 Å². The molecule has 4 nitrogen and oxygen atoms in total. The van der Waals surface area contributed by atoms with Gasteiger partial charge < -0.3 is 15.1 Å². The number of rotatable bonds is 3. The zero-order chi connectivity index (χ0) is 11.5. The molecule has 1 atom stereocenters. The van der Waals surface area contributed by atoms with E-state index >= 15 is 0 Å². The Morgan fingerprint density at radius 2 is 2.44 bits per heavy atom. The van der Waals surface area contributed by atoms with E-state index in [9.17, 15) is 4.79 Å². The van der Waals surface area contributed by atoms with Crippen molar-refractivity contribution in [3.05, 3.63) is 23.7 Å². The van der Waals surface area contributed by atoms with Crippen LogP contribution in [0.15, 0.2) is 16.5 Å². The summed E-state index contributed by atoms with van der Waals surface area (Å²) in [6.07, 6.45) is 2.85. The van der Waals surface area contributed by atoms with Gasteiger partial charge in [0, 0.05) is 25.6 Å². The Labute approximate surface area is 95.4 Å². The largest absolute Gasteiger partial charge is 0.456 e. The number of hydrogen-bond acceptors (Lipinski definition) is 3. The predicted molar refractivity (Wildman–Crippen MR) is 61.2 cm³/mol. The third kappa shape index (κ3) is 1.97. The van der Waals surface area contributed by atoms with Crippen LogP contribution in [-0.4, -0.2) is 29.9 Å². The molecule has 1 aromatic rings. The van der Waals surface area contributed by atoms with Gasteiger partial charge in [0.05, 0.1) is 0 Å². The monoisotopic (exact) mass is 222 g/mol. The summed E-state index contributed by atoms with van der Waals surface area (Å²) < 4.78 is 5.47. The summed E-state index contributed by atoms with van der Waals surface area (Å²) in [6.45, 7) is 3.33. The molecule has 0 aromatic carbocycles. The van der Waals surface area contributed by atoms with Crippen LogP contribution in [0.2, 0.25) is 0 Å². The summed E-state index contributed by atoms with van der Waals surface area (Å²) in [5, 5.41) is 0. The molecule has 16 heavy (non-hydrogen) atoms. The van der Waals surface area contributed by atoms with Gasteiger partial charge in [-0.2, -0.15) is 0 Å². The van der Waals surface area contributed by atoms with E-state index in [0.29, 0.717) is 12.3 Å². The second-order valence-corrected chi connectivity index (χ2v) is 4.15. The lowest BCUT2D eigenvalue weighted by Gasteiger charge is -2.22. The van der Waals surface area contributed by atoms with Crippen molar-refractivity contribution in [3.63, 3.8) is 0 Å². The quantitative estimate of drug-likeness (QED) is 0.841. The van der Waals surface area contributed by atoms with Gasteiger partial charge in [-0.05, 0) is 25.0 Å². The van der Waals surface area contributed by atoms with E-state index in [4.69, 9.17) is 10.2 Å². The summed E-state index contributed by atoms with van der Waals surface area (Å²) in [6, 6.07) is 3.80. The molecule has 1 aliphatic rings. The molecule has 0 saturated carbocycles. The van der Waals surface area contributed by atoms with Crippen LogP contribution in [0.25, 0.3) is 0 Å². The lowest BCUT2D eigenvalue weighted by atomic mass is 10.2. The Bertz CT molecular complexity index is 373. The molecule has 0 bridgehead atoms. The Balaban J connectivity index is 2.12. The molecule has 0 aliphatic carbocycles. The van der Waals surface area contributed by atoms with E-state index in [1.807, 2.05) is 17.9 Å². The van der Waals surface area contributed by atoms with E-state index in [-0.39, 0.29) is 11.9 Å². The Morgan fingerprint density at radius 1 is 1.62 bits per heavy atom. The topological polar surface area (TPSA) is 59.5 Å². The van der Waals surface area contributed by atoms with Crippen molar-refractivity contribution in [1.82, 2.24) is 4.90 Å². The lowest BCUT2D eigenvalue weighted by Crippen LogP contribution is -2.39. The van der Waals surface area contributed by atoms with E-state index in [1.165, 1.54) is 0 Å². The Morgan fingerprint density at radius 3 is 3.06 bits per heavy atom. The van der Waals surface area contributed by atoms with E-state index < -0.39 is 0 Å². The number of carbonyl (C=O) groups is 1. The van der Waals surface area contributed by atoms with Gasteiger partial charge in [-0.25, -0.2) is 0 Å². The maximum absolute atomic E-state index is 12.1. The summed E-state index contributed by atoms with van der Waals surface area (Å²) in [4.78, 5) is 14.0. The lowest BCUT2D eigenvalue weighted by molar-refractivity contribution is 0.0707. The number of likely N-dealkylation sites (tertiary alicyclic amines) is 1. The highest BCUT2D eigenvalue weighted by Gasteiger charge is 2.29. The zero-order valence-electron chi connectivity index (χ0n) is 9.61. The summed E-state index contributed by atoms with van der Waals surface area (Å²) in [5.74, 6) is 1.27. The fourth-order valence-corrected chi connectivity index (χ4v) is 2.17. The molecule has 4 heteroatoms. The third-order valence-electron chi connectivity index (χ3n) is 3.13. The SMILES string of the molecule is CCc1ccc(C(=O)N2CCCC2CN)o1. The molecule has 1 amide bonds. The minimum Gasteiger partial charge on any atom is -0.456 e. The van der Waals surface area contributed by atoms with Gasteiger partial charge in [0.15, 0.2) is 5.76 Å². The first kappa shape index (κ1) is 11.2. The molecular formula is C12H18N2O2. The van der Waals surface area contributed by atoms with Gasteiger partial charge in [-0.15, -0.1) is 0 Å². The van der Waals surface area contributed by atoms with Gasteiger partial charge in [0.1, 0.15) is 5.76 Å². The van der Waals surface area contributed by atoms with E-state index in [1.54, 1.807) is 6.07 Å². The van der Waals surface area contributed by atoms with Crippen molar-refractivity contribution in [3.8, 4) is 0 Å². The number of nitrogens with zero attached hydrogens (tertiary/aromatic N) is 1. The first-order valence-corrected chi connectivity index (χ1v) is 5.86. The molecule has 2 heterocycles. The average Bonchev–Trinajstić information content (AvgIpc) is 2.96. The first-order valence-electron chi connectivity index (χ1n) is 5.86. The van der Waals surface area contributed by atoms with Crippen LogP contribution in [0.1, 0.15) is 36.1 Å². The number of hydrogen-bond donors (Lipinski definition) is 1. The smallest absolute Gasteiger partial charge is 0.289 e. The van der Waals surface area contributed by atoms with Crippen molar-refractivity contribution < 1.29 is 9.21 Å². The highest BCUT2D eigenvalue weighted by molar-refractivity contribution is 5.92. The van der Waals surface area contributed by atoms with E-state index in [0.717, 1.165) is 31.6 Å². The van der Waals surface area contributed by atoms with Crippen molar-refractivity contribution in [1.29, 1.82) is 0 Å². The van der Waals surface area contributed by atoms with Crippen LogP contribution >= 0.6 is 0 Å². The summed E-state index contributed by atoms with van der Waals surface area (Å²) >= 11 is 0. The summed E-state index contributed by atoms with van der Waals surface area (Å²) in [7, 11) is 0. The minimum absolute atomic E-state index is 0.0207. The van der Waals surface area contributed by atoms with Gasteiger partial charge >= 0.3 is 0 Å². The van der Waals surface area contributed by atoms with Gasteiger partial charge in [0.25, 0.3) is 5.91 Å². The number of furan rings is 1. The minimum atomic E-state index is -0.0207. The van der Waals surface area contributed by atoms with E-state index in [2.05, 4.69) is 0 Å². The highest BCUT2D eigenvalue weighted by atomic mass is 16.4. The zero-order valence-corrected chi connectivity index (χ0v) is 9.61. The van der Waals surface area contributed by atoms with Gasteiger partial charge in [0.2, 0.25) is 0 Å². The molecule has 2 rings (SSSR count). The van der Waals surface area contributed by atoms with Crippen LogP contribution < -0.4 is 5.73 Å². The molecule has 2 N–H and O–H groups in total. The second kappa shape index (κ2) is 4.70. The second-order valence-electron chi connectivity index (χ2n) is 4.15.